The lowest BCUT2D eigenvalue weighted by atomic mass is 10.1. The Morgan fingerprint density at radius 1 is 1.37 bits per heavy atom. The minimum absolute atomic E-state index is 0.0493. The van der Waals surface area contributed by atoms with E-state index in [9.17, 15) is 14.4 Å². The van der Waals surface area contributed by atoms with Gasteiger partial charge in [-0.05, 0) is 24.6 Å². The summed E-state index contributed by atoms with van der Waals surface area (Å²) in [5.74, 6) is -1.96. The van der Waals surface area contributed by atoms with Gasteiger partial charge < -0.3 is 14.7 Å². The molecule has 1 amide bonds. The Balaban J connectivity index is 2.48. The monoisotopic (exact) mass is 263 g/mol. The normalized spacial score (nSPS) is 13.7. The number of benzene rings is 1. The number of anilines is 1. The standard InChI is InChI=1S/C13H13NO5/c1-7-5-8-11(9(6-7)19-2)14(4-3-10(15)16)13(18)12(8)17/h5-6H,3-4H2,1-2H3,(H,15,16). The number of fused-ring (bicyclic) bond motifs is 1. The SMILES string of the molecule is COc1cc(C)cc2c1N(CCC(=O)O)C(=O)C2=O. The Bertz CT molecular complexity index is 579. The summed E-state index contributed by atoms with van der Waals surface area (Å²) in [5.41, 5.74) is 1.44. The van der Waals surface area contributed by atoms with Crippen LogP contribution in [0.1, 0.15) is 22.3 Å². The quantitative estimate of drug-likeness (QED) is 0.819. The molecule has 1 aromatic carbocycles. The number of aryl methyl sites for hydroxylation is 1. The molecule has 1 aliphatic heterocycles. The van der Waals surface area contributed by atoms with Crippen LogP contribution in [-0.4, -0.2) is 36.4 Å². The molecule has 100 valence electrons. The third-order valence-corrected chi connectivity index (χ3v) is 2.94. The summed E-state index contributed by atoms with van der Waals surface area (Å²) in [6, 6.07) is 3.32. The molecule has 19 heavy (non-hydrogen) atoms. The van der Waals surface area contributed by atoms with Crippen LogP contribution in [0.2, 0.25) is 0 Å². The number of nitrogens with zero attached hydrogens (tertiary/aromatic N) is 1. The van der Waals surface area contributed by atoms with Gasteiger partial charge in [0.2, 0.25) is 0 Å². The van der Waals surface area contributed by atoms with Crippen molar-refractivity contribution in [3.63, 3.8) is 0 Å². The molecular formula is C13H13NO5. The molecule has 0 bridgehead atoms. The van der Waals surface area contributed by atoms with E-state index in [-0.39, 0.29) is 18.5 Å². The number of carbonyl (C=O) groups is 3. The highest BCUT2D eigenvalue weighted by molar-refractivity contribution is 6.52. The van der Waals surface area contributed by atoms with Gasteiger partial charge in [0.25, 0.3) is 11.7 Å². The lowest BCUT2D eigenvalue weighted by Crippen LogP contribution is -2.31. The van der Waals surface area contributed by atoms with Gasteiger partial charge in [-0.25, -0.2) is 0 Å². The third kappa shape index (κ3) is 2.16. The number of rotatable bonds is 4. The number of hydrogen-bond donors (Lipinski definition) is 1. The first kappa shape index (κ1) is 13.1. The highest BCUT2D eigenvalue weighted by Crippen LogP contribution is 2.38. The molecule has 1 aromatic rings. The van der Waals surface area contributed by atoms with E-state index < -0.39 is 17.7 Å². The first-order chi connectivity index (χ1) is 8.95. The van der Waals surface area contributed by atoms with E-state index in [2.05, 4.69) is 0 Å². The Morgan fingerprint density at radius 2 is 2.05 bits per heavy atom. The van der Waals surface area contributed by atoms with Crippen molar-refractivity contribution in [3.05, 3.63) is 23.3 Å². The predicted octanol–water partition coefficient (Wildman–Crippen LogP) is 1.01. The number of amides is 1. The second-order valence-electron chi connectivity index (χ2n) is 4.29. The number of ketones is 1. The van der Waals surface area contributed by atoms with Gasteiger partial charge in [-0.3, -0.25) is 14.4 Å². The molecule has 0 aromatic heterocycles. The summed E-state index contributed by atoms with van der Waals surface area (Å²) in [7, 11) is 1.44. The van der Waals surface area contributed by atoms with Crippen LogP contribution < -0.4 is 9.64 Å². The lowest BCUT2D eigenvalue weighted by molar-refractivity contribution is -0.136. The van der Waals surface area contributed by atoms with Crippen LogP contribution in [0.25, 0.3) is 0 Å². The van der Waals surface area contributed by atoms with Crippen molar-refractivity contribution in [2.75, 3.05) is 18.6 Å². The molecule has 0 unspecified atom stereocenters. The van der Waals surface area contributed by atoms with E-state index in [1.165, 1.54) is 12.0 Å². The number of carboxylic acid groups (broad SMARTS) is 1. The van der Waals surface area contributed by atoms with Crippen molar-refractivity contribution in [2.45, 2.75) is 13.3 Å². The van der Waals surface area contributed by atoms with Crippen molar-refractivity contribution in [1.82, 2.24) is 0 Å². The van der Waals surface area contributed by atoms with E-state index >= 15 is 0 Å². The predicted molar refractivity (Wildman–Crippen MR) is 66.7 cm³/mol. The van der Waals surface area contributed by atoms with Gasteiger partial charge in [0.1, 0.15) is 5.75 Å². The molecule has 0 spiro atoms. The Hall–Kier alpha value is -2.37. The maximum atomic E-state index is 11.9. The molecule has 6 nitrogen and oxygen atoms in total. The van der Waals surface area contributed by atoms with Gasteiger partial charge in [0.15, 0.2) is 0 Å². The van der Waals surface area contributed by atoms with Gasteiger partial charge in [0.05, 0.1) is 24.8 Å². The summed E-state index contributed by atoms with van der Waals surface area (Å²) >= 11 is 0. The molecule has 0 aliphatic carbocycles. The van der Waals surface area contributed by atoms with Gasteiger partial charge in [0, 0.05) is 6.54 Å². The first-order valence-electron chi connectivity index (χ1n) is 5.72. The van der Waals surface area contributed by atoms with Gasteiger partial charge in [-0.2, -0.15) is 0 Å². The van der Waals surface area contributed by atoms with Crippen LogP contribution in [0.15, 0.2) is 12.1 Å². The van der Waals surface area contributed by atoms with Crippen molar-refractivity contribution >= 4 is 23.3 Å². The number of hydrogen-bond acceptors (Lipinski definition) is 4. The van der Waals surface area contributed by atoms with Crippen LogP contribution in [-0.2, 0) is 9.59 Å². The maximum Gasteiger partial charge on any atom is 0.305 e. The van der Waals surface area contributed by atoms with Crippen molar-refractivity contribution < 1.29 is 24.2 Å². The Morgan fingerprint density at radius 3 is 2.63 bits per heavy atom. The Kier molecular flexibility index (Phi) is 3.25. The number of carbonyl (C=O) groups excluding carboxylic acids is 2. The minimum atomic E-state index is -1.03. The van der Waals surface area contributed by atoms with E-state index in [1.54, 1.807) is 19.1 Å². The van der Waals surface area contributed by atoms with Gasteiger partial charge in [-0.1, -0.05) is 0 Å². The highest BCUT2D eigenvalue weighted by Gasteiger charge is 2.38. The van der Waals surface area contributed by atoms with E-state index in [1.807, 2.05) is 0 Å². The molecule has 1 heterocycles. The average Bonchev–Trinajstić information content (AvgIpc) is 2.59. The van der Waals surface area contributed by atoms with Gasteiger partial charge >= 0.3 is 5.97 Å². The number of ether oxygens (including phenoxy) is 1. The van der Waals surface area contributed by atoms with E-state index in [0.29, 0.717) is 11.4 Å². The molecule has 0 saturated carbocycles. The zero-order valence-electron chi connectivity index (χ0n) is 10.6. The van der Waals surface area contributed by atoms with Crippen molar-refractivity contribution in [3.8, 4) is 5.75 Å². The van der Waals surface area contributed by atoms with Crippen LogP contribution in [0.4, 0.5) is 5.69 Å². The number of Topliss-reactive ketones (excluding diaryl/α,β-unsaturated/α-hetero) is 1. The van der Waals surface area contributed by atoms with E-state index in [4.69, 9.17) is 9.84 Å². The number of aliphatic carboxylic acids is 1. The highest BCUT2D eigenvalue weighted by atomic mass is 16.5. The average molecular weight is 263 g/mol. The van der Waals surface area contributed by atoms with Crippen LogP contribution >= 0.6 is 0 Å². The number of methoxy groups -OCH3 is 1. The smallest absolute Gasteiger partial charge is 0.305 e. The zero-order chi connectivity index (χ0) is 14.2. The number of carboxylic acids is 1. The molecule has 0 atom stereocenters. The molecule has 0 saturated heterocycles. The van der Waals surface area contributed by atoms with Crippen LogP contribution in [0.5, 0.6) is 5.75 Å². The summed E-state index contributed by atoms with van der Waals surface area (Å²) in [6.45, 7) is 1.74. The topological polar surface area (TPSA) is 83.9 Å². The molecule has 1 N–H and O–H groups in total. The second kappa shape index (κ2) is 4.72. The molecule has 6 heteroatoms. The minimum Gasteiger partial charge on any atom is -0.495 e. The summed E-state index contributed by atoms with van der Waals surface area (Å²) < 4.78 is 5.18. The fourth-order valence-corrected chi connectivity index (χ4v) is 2.11. The Labute approximate surface area is 109 Å². The van der Waals surface area contributed by atoms with Crippen LogP contribution in [0.3, 0.4) is 0 Å². The third-order valence-electron chi connectivity index (χ3n) is 2.94. The fourth-order valence-electron chi connectivity index (χ4n) is 2.11. The van der Waals surface area contributed by atoms with Gasteiger partial charge in [-0.15, -0.1) is 0 Å². The van der Waals surface area contributed by atoms with E-state index in [0.717, 1.165) is 5.56 Å². The zero-order valence-corrected chi connectivity index (χ0v) is 10.6. The second-order valence-corrected chi connectivity index (χ2v) is 4.29. The molecule has 1 aliphatic rings. The molecule has 0 fully saturated rings. The molecular weight excluding hydrogens is 250 g/mol. The molecule has 2 rings (SSSR count). The van der Waals surface area contributed by atoms with Crippen LogP contribution in [0, 0.1) is 6.92 Å². The maximum absolute atomic E-state index is 11.9. The summed E-state index contributed by atoms with van der Waals surface area (Å²) in [4.78, 5) is 35.5. The summed E-state index contributed by atoms with van der Waals surface area (Å²) in [5, 5.41) is 8.69. The van der Waals surface area contributed by atoms with Crippen molar-refractivity contribution in [1.29, 1.82) is 0 Å². The fraction of sp³-hybridized carbons (Fsp3) is 0.308. The van der Waals surface area contributed by atoms with Crippen molar-refractivity contribution in [2.24, 2.45) is 0 Å². The molecule has 0 radical (unpaired) electrons. The first-order valence-corrected chi connectivity index (χ1v) is 5.72. The lowest BCUT2D eigenvalue weighted by Gasteiger charge is -2.18. The largest absolute Gasteiger partial charge is 0.495 e. The summed E-state index contributed by atoms with van der Waals surface area (Å²) in [6.07, 6.45) is -0.227.